The van der Waals surface area contributed by atoms with Crippen LogP contribution in [0.3, 0.4) is 0 Å². The van der Waals surface area contributed by atoms with E-state index in [-0.39, 0.29) is 5.75 Å². The Hall–Kier alpha value is -2.36. The summed E-state index contributed by atoms with van der Waals surface area (Å²) in [7, 11) is 3.23. The molecule has 4 heteroatoms. The van der Waals surface area contributed by atoms with Crippen LogP contribution in [0.15, 0.2) is 36.4 Å². The number of rotatable bonds is 5. The van der Waals surface area contributed by atoms with Crippen LogP contribution in [0.25, 0.3) is 0 Å². The number of methoxy groups -OCH3 is 2. The molecule has 0 amide bonds. The molecule has 0 spiro atoms. The maximum Gasteiger partial charge on any atom is 0.124 e. The summed E-state index contributed by atoms with van der Waals surface area (Å²) < 4.78 is 10.3. The third-order valence-corrected chi connectivity index (χ3v) is 3.17. The van der Waals surface area contributed by atoms with Crippen LogP contribution in [0.2, 0.25) is 0 Å². The molecule has 0 radical (unpaired) electrons. The van der Waals surface area contributed by atoms with Crippen molar-refractivity contribution in [3.63, 3.8) is 0 Å². The Balaban J connectivity index is 2.07. The fraction of sp³-hybridized carbons (Fsp3) is 0.250. The maximum atomic E-state index is 9.90. The van der Waals surface area contributed by atoms with Gasteiger partial charge in [0, 0.05) is 23.9 Å². The molecule has 20 heavy (non-hydrogen) atoms. The molecular formula is C16H19NO3. The van der Waals surface area contributed by atoms with E-state index in [4.69, 9.17) is 9.47 Å². The SMILES string of the molecule is COc1ccc(CNc2ccc(OC)c(C)c2)c(O)c1. The number of anilines is 1. The molecule has 0 atom stereocenters. The zero-order chi connectivity index (χ0) is 14.5. The fourth-order valence-corrected chi connectivity index (χ4v) is 2.01. The van der Waals surface area contributed by atoms with Crippen molar-refractivity contribution >= 4 is 5.69 Å². The number of hydrogen-bond donors (Lipinski definition) is 2. The fourth-order valence-electron chi connectivity index (χ4n) is 2.01. The first-order valence-electron chi connectivity index (χ1n) is 6.38. The Morgan fingerprint density at radius 3 is 2.45 bits per heavy atom. The van der Waals surface area contributed by atoms with Gasteiger partial charge in [0.15, 0.2) is 0 Å². The van der Waals surface area contributed by atoms with Gasteiger partial charge in [-0.05, 0) is 42.8 Å². The minimum Gasteiger partial charge on any atom is -0.507 e. The maximum absolute atomic E-state index is 9.90. The Morgan fingerprint density at radius 1 is 1.05 bits per heavy atom. The highest BCUT2D eigenvalue weighted by atomic mass is 16.5. The number of nitrogens with one attached hydrogen (secondary N) is 1. The topological polar surface area (TPSA) is 50.7 Å². The average molecular weight is 273 g/mol. The summed E-state index contributed by atoms with van der Waals surface area (Å²) in [6.07, 6.45) is 0. The molecule has 0 heterocycles. The number of phenols is 1. The van der Waals surface area contributed by atoms with E-state index in [9.17, 15) is 5.11 Å². The minimum atomic E-state index is 0.224. The average Bonchev–Trinajstić information content (AvgIpc) is 2.46. The van der Waals surface area contributed by atoms with Gasteiger partial charge in [-0.2, -0.15) is 0 Å². The molecule has 2 rings (SSSR count). The molecule has 0 saturated carbocycles. The number of phenolic OH excluding ortho intramolecular Hbond substituents is 1. The summed E-state index contributed by atoms with van der Waals surface area (Å²) in [5, 5.41) is 13.2. The third kappa shape index (κ3) is 3.15. The van der Waals surface area contributed by atoms with Crippen LogP contribution in [0.4, 0.5) is 5.69 Å². The molecule has 106 valence electrons. The zero-order valence-corrected chi connectivity index (χ0v) is 11.9. The molecular weight excluding hydrogens is 254 g/mol. The van der Waals surface area contributed by atoms with Gasteiger partial charge in [-0.15, -0.1) is 0 Å². The Morgan fingerprint density at radius 2 is 1.85 bits per heavy atom. The van der Waals surface area contributed by atoms with Gasteiger partial charge in [-0.3, -0.25) is 0 Å². The molecule has 2 aromatic carbocycles. The zero-order valence-electron chi connectivity index (χ0n) is 11.9. The third-order valence-electron chi connectivity index (χ3n) is 3.17. The van der Waals surface area contributed by atoms with Gasteiger partial charge in [0.05, 0.1) is 14.2 Å². The summed E-state index contributed by atoms with van der Waals surface area (Å²) >= 11 is 0. The minimum absolute atomic E-state index is 0.224. The molecule has 0 aromatic heterocycles. The number of ether oxygens (including phenoxy) is 2. The molecule has 2 aromatic rings. The highest BCUT2D eigenvalue weighted by Crippen LogP contribution is 2.25. The Bertz CT molecular complexity index is 596. The molecule has 0 saturated heterocycles. The van der Waals surface area contributed by atoms with Gasteiger partial charge >= 0.3 is 0 Å². The van der Waals surface area contributed by atoms with E-state index in [2.05, 4.69) is 5.32 Å². The van der Waals surface area contributed by atoms with Crippen LogP contribution >= 0.6 is 0 Å². The number of benzene rings is 2. The summed E-state index contributed by atoms with van der Waals surface area (Å²) in [5.41, 5.74) is 2.87. The predicted molar refractivity (Wildman–Crippen MR) is 79.7 cm³/mol. The summed E-state index contributed by atoms with van der Waals surface area (Å²) in [6, 6.07) is 11.2. The van der Waals surface area contributed by atoms with Gasteiger partial charge < -0.3 is 19.9 Å². The lowest BCUT2D eigenvalue weighted by atomic mass is 10.1. The highest BCUT2D eigenvalue weighted by molar-refractivity contribution is 5.52. The molecule has 0 aliphatic rings. The van der Waals surface area contributed by atoms with Gasteiger partial charge in [0.2, 0.25) is 0 Å². The monoisotopic (exact) mass is 273 g/mol. The van der Waals surface area contributed by atoms with E-state index in [0.29, 0.717) is 12.3 Å². The van der Waals surface area contributed by atoms with E-state index in [0.717, 1.165) is 22.6 Å². The predicted octanol–water partition coefficient (Wildman–Crippen LogP) is 3.33. The smallest absolute Gasteiger partial charge is 0.124 e. The van der Waals surface area contributed by atoms with E-state index in [1.807, 2.05) is 37.3 Å². The standard InChI is InChI=1S/C16H19NO3/c1-11-8-13(5-7-16(11)20-3)17-10-12-4-6-14(19-2)9-15(12)18/h4-9,17-18H,10H2,1-3H3. The first kappa shape index (κ1) is 14.1. The highest BCUT2D eigenvalue weighted by Gasteiger charge is 2.04. The van der Waals surface area contributed by atoms with Crippen LogP contribution in [0.1, 0.15) is 11.1 Å². The van der Waals surface area contributed by atoms with E-state index in [1.165, 1.54) is 0 Å². The summed E-state index contributed by atoms with van der Waals surface area (Å²) in [5.74, 6) is 1.73. The second-order valence-electron chi connectivity index (χ2n) is 4.53. The second-order valence-corrected chi connectivity index (χ2v) is 4.53. The lowest BCUT2D eigenvalue weighted by Crippen LogP contribution is -2.00. The first-order chi connectivity index (χ1) is 9.63. The van der Waals surface area contributed by atoms with Gasteiger partial charge in [-0.25, -0.2) is 0 Å². The number of aryl methyl sites for hydroxylation is 1. The Kier molecular flexibility index (Phi) is 4.35. The lowest BCUT2D eigenvalue weighted by Gasteiger charge is -2.11. The molecule has 2 N–H and O–H groups in total. The van der Waals surface area contributed by atoms with Crippen LogP contribution in [-0.2, 0) is 6.54 Å². The quantitative estimate of drug-likeness (QED) is 0.877. The van der Waals surface area contributed by atoms with Crippen molar-refractivity contribution in [3.05, 3.63) is 47.5 Å². The summed E-state index contributed by atoms with van der Waals surface area (Å²) in [4.78, 5) is 0. The van der Waals surface area contributed by atoms with Crippen LogP contribution in [0, 0.1) is 6.92 Å². The van der Waals surface area contributed by atoms with Crippen molar-refractivity contribution in [1.29, 1.82) is 0 Å². The van der Waals surface area contributed by atoms with E-state index in [1.54, 1.807) is 20.3 Å². The molecule has 4 nitrogen and oxygen atoms in total. The van der Waals surface area contributed by atoms with Crippen molar-refractivity contribution < 1.29 is 14.6 Å². The Labute approximate surface area is 119 Å². The normalized spacial score (nSPS) is 10.2. The lowest BCUT2D eigenvalue weighted by molar-refractivity contribution is 0.406. The molecule has 0 fully saturated rings. The van der Waals surface area contributed by atoms with E-state index < -0.39 is 0 Å². The number of aromatic hydroxyl groups is 1. The molecule has 0 unspecified atom stereocenters. The largest absolute Gasteiger partial charge is 0.507 e. The van der Waals surface area contributed by atoms with E-state index >= 15 is 0 Å². The number of hydrogen-bond acceptors (Lipinski definition) is 4. The molecule has 0 aliphatic heterocycles. The van der Waals surface area contributed by atoms with Crippen molar-refractivity contribution in [3.8, 4) is 17.2 Å². The molecule has 0 aliphatic carbocycles. The van der Waals surface area contributed by atoms with Crippen LogP contribution in [-0.4, -0.2) is 19.3 Å². The van der Waals surface area contributed by atoms with Crippen LogP contribution < -0.4 is 14.8 Å². The van der Waals surface area contributed by atoms with Gasteiger partial charge in [0.1, 0.15) is 17.2 Å². The van der Waals surface area contributed by atoms with Crippen molar-refractivity contribution in [2.75, 3.05) is 19.5 Å². The molecule has 0 bridgehead atoms. The van der Waals surface area contributed by atoms with Gasteiger partial charge in [-0.1, -0.05) is 0 Å². The van der Waals surface area contributed by atoms with Crippen molar-refractivity contribution in [2.45, 2.75) is 13.5 Å². The van der Waals surface area contributed by atoms with Crippen molar-refractivity contribution in [1.82, 2.24) is 0 Å². The van der Waals surface area contributed by atoms with Crippen LogP contribution in [0.5, 0.6) is 17.2 Å². The summed E-state index contributed by atoms with van der Waals surface area (Å²) in [6.45, 7) is 2.54. The first-order valence-corrected chi connectivity index (χ1v) is 6.38. The van der Waals surface area contributed by atoms with Gasteiger partial charge in [0.25, 0.3) is 0 Å². The van der Waals surface area contributed by atoms with Crippen molar-refractivity contribution in [2.24, 2.45) is 0 Å². The second kappa shape index (κ2) is 6.19.